The highest BCUT2D eigenvalue weighted by molar-refractivity contribution is 5.95. The molecule has 1 amide bonds. The normalized spacial score (nSPS) is 12.9. The molecule has 2 N–H and O–H groups in total. The summed E-state index contributed by atoms with van der Waals surface area (Å²) in [6.07, 6.45) is -11.5. The van der Waals surface area contributed by atoms with Gasteiger partial charge in [0.2, 0.25) is 11.3 Å². The average molecular weight is 743 g/mol. The van der Waals surface area contributed by atoms with Gasteiger partial charge in [-0.1, -0.05) is 62.4 Å². The Labute approximate surface area is 305 Å². The zero-order chi connectivity index (χ0) is 39.6. The van der Waals surface area contributed by atoms with Gasteiger partial charge in [0.1, 0.15) is 17.1 Å². The van der Waals surface area contributed by atoms with Crippen molar-refractivity contribution in [2.24, 2.45) is 5.41 Å². The summed E-state index contributed by atoms with van der Waals surface area (Å²) in [6.45, 7) is 14.3. The molecular formula is C41H44F6N2O4. The fourth-order valence-electron chi connectivity index (χ4n) is 6.02. The molecule has 0 spiro atoms. The number of esters is 1. The lowest BCUT2D eigenvalue weighted by molar-refractivity contribution is -0.288. The number of hydrogen-bond donors (Lipinski definition) is 2. The highest BCUT2D eigenvalue weighted by atomic mass is 19.4. The maximum atomic E-state index is 14.6. The van der Waals surface area contributed by atoms with Gasteiger partial charge in [-0.25, -0.2) is 0 Å². The molecule has 0 fully saturated rings. The number of nitrogens with one attached hydrogen (secondary N) is 2. The Bertz CT molecular complexity index is 1870. The minimum Gasteiger partial charge on any atom is -0.487 e. The van der Waals surface area contributed by atoms with Crippen LogP contribution in [0.1, 0.15) is 77.6 Å². The van der Waals surface area contributed by atoms with Gasteiger partial charge in [-0.3, -0.25) is 9.59 Å². The van der Waals surface area contributed by atoms with Gasteiger partial charge in [-0.15, -0.1) is 0 Å². The van der Waals surface area contributed by atoms with E-state index in [0.717, 1.165) is 47.5 Å². The van der Waals surface area contributed by atoms with Crippen LogP contribution in [0.3, 0.4) is 0 Å². The van der Waals surface area contributed by atoms with Crippen LogP contribution in [-0.2, 0) is 20.4 Å². The molecule has 12 heteroatoms. The van der Waals surface area contributed by atoms with Crippen molar-refractivity contribution in [3.05, 3.63) is 119 Å². The van der Waals surface area contributed by atoms with E-state index in [1.807, 2.05) is 38.1 Å². The van der Waals surface area contributed by atoms with E-state index in [9.17, 15) is 35.9 Å². The van der Waals surface area contributed by atoms with Crippen LogP contribution in [0.4, 0.5) is 37.7 Å². The van der Waals surface area contributed by atoms with Gasteiger partial charge in [0, 0.05) is 30.3 Å². The molecule has 0 unspecified atom stereocenters. The molecule has 4 aromatic rings. The van der Waals surface area contributed by atoms with Crippen LogP contribution in [0.5, 0.6) is 11.5 Å². The summed E-state index contributed by atoms with van der Waals surface area (Å²) in [5.41, 5.74) is -6.81. The van der Waals surface area contributed by atoms with E-state index in [-0.39, 0.29) is 5.69 Å². The van der Waals surface area contributed by atoms with E-state index < -0.39 is 57.2 Å². The van der Waals surface area contributed by atoms with Gasteiger partial charge in [-0.05, 0) is 105 Å². The molecule has 4 aromatic carbocycles. The number of benzene rings is 4. The largest absolute Gasteiger partial charge is 0.487 e. The molecule has 53 heavy (non-hydrogen) atoms. The van der Waals surface area contributed by atoms with Crippen LogP contribution in [0.25, 0.3) is 0 Å². The standard InChI is InChI=1S/C41H44F6N2O4/c1-9-48-31-18-10-29(11-19-31)39(40(42,43)44,41(45,46)47)30-12-20-32(21-13-30)49-35(51)37(5,6)38(7,8)53-34-24-16-28(17-25-34)36(3,4)27-14-22-33(23-15-27)52-26(2)50/h10-25,48H,9H2,1-8H3,(H,49,51). The fraction of sp³-hybridized carbons (Fsp3) is 0.366. The molecule has 0 atom stereocenters. The van der Waals surface area contributed by atoms with Crippen molar-refractivity contribution in [2.75, 3.05) is 17.2 Å². The lowest BCUT2D eigenvalue weighted by Gasteiger charge is -2.40. The molecule has 0 saturated carbocycles. The van der Waals surface area contributed by atoms with Crippen LogP contribution in [0.2, 0.25) is 0 Å². The number of amides is 1. The predicted molar refractivity (Wildman–Crippen MR) is 193 cm³/mol. The summed E-state index contributed by atoms with van der Waals surface area (Å²) >= 11 is 0. The zero-order valence-corrected chi connectivity index (χ0v) is 30.8. The smallest absolute Gasteiger partial charge is 0.411 e. The highest BCUT2D eigenvalue weighted by Crippen LogP contribution is 2.56. The van der Waals surface area contributed by atoms with Gasteiger partial charge in [0.05, 0.1) is 5.41 Å². The van der Waals surface area contributed by atoms with Crippen LogP contribution < -0.4 is 20.1 Å². The summed E-state index contributed by atoms with van der Waals surface area (Å²) in [5, 5.41) is 5.50. The minimum atomic E-state index is -5.75. The summed E-state index contributed by atoms with van der Waals surface area (Å²) in [7, 11) is 0. The number of rotatable bonds is 12. The maximum Gasteiger partial charge on any atom is 0.411 e. The molecule has 0 aliphatic rings. The van der Waals surface area contributed by atoms with Crippen molar-refractivity contribution in [2.45, 2.75) is 84.2 Å². The first kappa shape index (κ1) is 40.8. The second-order valence-corrected chi connectivity index (χ2v) is 14.4. The Kier molecular flexibility index (Phi) is 11.4. The van der Waals surface area contributed by atoms with E-state index in [1.54, 1.807) is 58.9 Å². The third-order valence-electron chi connectivity index (χ3n) is 9.98. The number of hydrogen-bond acceptors (Lipinski definition) is 5. The van der Waals surface area contributed by atoms with Crippen molar-refractivity contribution in [1.82, 2.24) is 0 Å². The lowest BCUT2D eigenvalue weighted by atomic mass is 9.72. The molecular weight excluding hydrogens is 698 g/mol. The van der Waals surface area contributed by atoms with Crippen LogP contribution in [-0.4, -0.2) is 36.4 Å². The number of anilines is 2. The quantitative estimate of drug-likeness (QED) is 0.0859. The maximum absolute atomic E-state index is 14.6. The number of ether oxygens (including phenoxy) is 2. The van der Waals surface area contributed by atoms with Crippen molar-refractivity contribution in [3.8, 4) is 11.5 Å². The number of carbonyl (C=O) groups excluding carboxylic acids is 2. The molecule has 0 aliphatic heterocycles. The molecule has 0 saturated heterocycles. The predicted octanol–water partition coefficient (Wildman–Crippen LogP) is 10.6. The third kappa shape index (κ3) is 8.16. The third-order valence-corrected chi connectivity index (χ3v) is 9.98. The van der Waals surface area contributed by atoms with Crippen molar-refractivity contribution >= 4 is 23.3 Å². The second kappa shape index (κ2) is 14.8. The first-order chi connectivity index (χ1) is 24.5. The Morgan fingerprint density at radius 2 is 0.981 bits per heavy atom. The molecule has 0 bridgehead atoms. The topological polar surface area (TPSA) is 76.7 Å². The highest BCUT2D eigenvalue weighted by Gasteiger charge is 2.72. The Morgan fingerprint density at radius 1 is 0.585 bits per heavy atom. The molecule has 0 aliphatic carbocycles. The molecule has 284 valence electrons. The van der Waals surface area contributed by atoms with Gasteiger partial charge in [-0.2, -0.15) is 26.3 Å². The van der Waals surface area contributed by atoms with E-state index in [2.05, 4.69) is 10.6 Å². The SMILES string of the molecule is CCNc1ccc(C(c2ccc(NC(=O)C(C)(C)C(C)(C)Oc3ccc(C(C)(C)c4ccc(OC(C)=O)cc4)cc3)cc2)(C(F)(F)F)C(F)(F)F)cc1. The van der Waals surface area contributed by atoms with E-state index >= 15 is 0 Å². The number of alkyl halides is 6. The molecule has 6 nitrogen and oxygen atoms in total. The average Bonchev–Trinajstić information content (AvgIpc) is 3.05. The van der Waals surface area contributed by atoms with Gasteiger partial charge < -0.3 is 20.1 Å². The van der Waals surface area contributed by atoms with Crippen molar-refractivity contribution < 1.29 is 45.4 Å². The Hall–Kier alpha value is -5.00. The monoisotopic (exact) mass is 742 g/mol. The van der Waals surface area contributed by atoms with E-state index in [0.29, 0.717) is 23.7 Å². The molecule has 0 aromatic heterocycles. The van der Waals surface area contributed by atoms with Crippen molar-refractivity contribution in [1.29, 1.82) is 0 Å². The second-order valence-electron chi connectivity index (χ2n) is 14.4. The van der Waals surface area contributed by atoms with Crippen LogP contribution in [0, 0.1) is 5.41 Å². The van der Waals surface area contributed by atoms with Crippen LogP contribution >= 0.6 is 0 Å². The van der Waals surface area contributed by atoms with Gasteiger partial charge in [0.25, 0.3) is 0 Å². The lowest BCUT2D eigenvalue weighted by Crippen LogP contribution is -2.54. The fourth-order valence-corrected chi connectivity index (χ4v) is 6.02. The first-order valence-corrected chi connectivity index (χ1v) is 17.0. The molecule has 0 heterocycles. The summed E-state index contributed by atoms with van der Waals surface area (Å²) in [4.78, 5) is 24.9. The summed E-state index contributed by atoms with van der Waals surface area (Å²) < 4.78 is 99.3. The van der Waals surface area contributed by atoms with E-state index in [1.165, 1.54) is 19.1 Å². The van der Waals surface area contributed by atoms with Gasteiger partial charge in [0.15, 0.2) is 0 Å². The number of halogens is 6. The van der Waals surface area contributed by atoms with Crippen LogP contribution in [0.15, 0.2) is 97.1 Å². The molecule has 4 rings (SSSR count). The minimum absolute atomic E-state index is 0.0100. The first-order valence-electron chi connectivity index (χ1n) is 17.0. The van der Waals surface area contributed by atoms with Crippen molar-refractivity contribution in [3.63, 3.8) is 0 Å². The zero-order valence-electron chi connectivity index (χ0n) is 30.8. The van der Waals surface area contributed by atoms with Gasteiger partial charge >= 0.3 is 18.3 Å². The summed E-state index contributed by atoms with van der Waals surface area (Å²) in [6, 6.07) is 22.1. The summed E-state index contributed by atoms with van der Waals surface area (Å²) in [5.74, 6) is -0.0619. The Balaban J connectivity index is 1.53. The number of carbonyl (C=O) groups is 2. The molecule has 0 radical (unpaired) electrons. The van der Waals surface area contributed by atoms with E-state index in [4.69, 9.17) is 9.47 Å². The Morgan fingerprint density at radius 3 is 1.38 bits per heavy atom.